The van der Waals surface area contributed by atoms with Crippen LogP contribution in [0.2, 0.25) is 5.02 Å². The lowest BCUT2D eigenvalue weighted by Gasteiger charge is -2.13. The zero-order valence-electron chi connectivity index (χ0n) is 11.2. The molecule has 0 saturated heterocycles. The quantitative estimate of drug-likeness (QED) is 0.777. The smallest absolute Gasteiger partial charge is 0.337 e. The number of rotatable bonds is 6. The van der Waals surface area contributed by atoms with E-state index in [0.29, 0.717) is 0 Å². The minimum Gasteiger partial charge on any atom is -0.478 e. The van der Waals surface area contributed by atoms with Crippen molar-refractivity contribution in [3.05, 3.63) is 28.8 Å². The Bertz CT molecular complexity index is 757. The van der Waals surface area contributed by atoms with E-state index in [4.69, 9.17) is 16.7 Å². The van der Waals surface area contributed by atoms with Crippen LogP contribution in [-0.4, -0.2) is 46.0 Å². The fraction of sp³-hybridized carbons (Fsp3) is 0.364. The second kappa shape index (κ2) is 6.30. The molecule has 0 amide bonds. The fourth-order valence-corrected chi connectivity index (χ4v) is 4.22. The summed E-state index contributed by atoms with van der Waals surface area (Å²) in [6.45, 7) is 1.40. The van der Waals surface area contributed by atoms with Crippen LogP contribution in [0.5, 0.6) is 0 Å². The van der Waals surface area contributed by atoms with E-state index >= 15 is 0 Å². The Kier molecular flexibility index (Phi) is 5.37. The first-order valence-corrected chi connectivity index (χ1v) is 9.57. The SMILES string of the molecule is CC(CS(C)(=O)=O)NS(=O)(=O)c1ccc(Cl)c(C(=O)O)c1. The first-order chi connectivity index (χ1) is 9.42. The summed E-state index contributed by atoms with van der Waals surface area (Å²) in [6, 6.07) is 2.36. The third-order valence-electron chi connectivity index (χ3n) is 2.39. The maximum atomic E-state index is 12.1. The maximum absolute atomic E-state index is 12.1. The first-order valence-electron chi connectivity index (χ1n) is 5.65. The summed E-state index contributed by atoms with van der Waals surface area (Å²) in [4.78, 5) is 10.6. The second-order valence-electron chi connectivity index (χ2n) is 4.56. The van der Waals surface area contributed by atoms with Gasteiger partial charge in [0.05, 0.1) is 21.2 Å². The van der Waals surface area contributed by atoms with Crippen LogP contribution >= 0.6 is 11.6 Å². The van der Waals surface area contributed by atoms with Gasteiger partial charge < -0.3 is 5.11 Å². The number of benzene rings is 1. The molecular weight excluding hydrogens is 342 g/mol. The van der Waals surface area contributed by atoms with E-state index in [1.165, 1.54) is 6.92 Å². The van der Waals surface area contributed by atoms with Crippen LogP contribution in [0.4, 0.5) is 0 Å². The highest BCUT2D eigenvalue weighted by molar-refractivity contribution is 7.91. The number of carboxylic acids is 1. The lowest BCUT2D eigenvalue weighted by molar-refractivity contribution is 0.0697. The Morgan fingerprint density at radius 3 is 2.38 bits per heavy atom. The summed E-state index contributed by atoms with van der Waals surface area (Å²) < 4.78 is 48.6. The molecule has 0 aromatic heterocycles. The number of carboxylic acid groups (broad SMARTS) is 1. The average molecular weight is 356 g/mol. The third-order valence-corrected chi connectivity index (χ3v) is 5.41. The Labute approximate surface area is 127 Å². The van der Waals surface area contributed by atoms with Crippen molar-refractivity contribution in [3.8, 4) is 0 Å². The highest BCUT2D eigenvalue weighted by Crippen LogP contribution is 2.20. The summed E-state index contributed by atoms with van der Waals surface area (Å²) in [5.74, 6) is -1.73. The molecule has 0 aliphatic carbocycles. The molecule has 0 fully saturated rings. The van der Waals surface area contributed by atoms with Gasteiger partial charge in [-0.25, -0.2) is 26.4 Å². The number of sulfone groups is 1. The summed E-state index contributed by atoms with van der Waals surface area (Å²) in [7, 11) is -7.39. The Morgan fingerprint density at radius 2 is 1.90 bits per heavy atom. The van der Waals surface area contributed by atoms with Crippen LogP contribution < -0.4 is 4.72 Å². The van der Waals surface area contributed by atoms with Crippen molar-refractivity contribution in [1.82, 2.24) is 4.72 Å². The van der Waals surface area contributed by atoms with Crippen molar-refractivity contribution in [3.63, 3.8) is 0 Å². The molecule has 21 heavy (non-hydrogen) atoms. The summed E-state index contributed by atoms with van der Waals surface area (Å²) in [6.07, 6.45) is 0.989. The van der Waals surface area contributed by atoms with Gasteiger partial charge >= 0.3 is 5.97 Å². The van der Waals surface area contributed by atoms with Gasteiger partial charge in [0.2, 0.25) is 10.0 Å². The molecule has 10 heteroatoms. The fourth-order valence-electron chi connectivity index (χ4n) is 1.66. The molecule has 0 bridgehead atoms. The molecule has 1 aromatic carbocycles. The standard InChI is InChI=1S/C11H14ClNO6S2/c1-7(6-20(2,16)17)13-21(18,19)8-3-4-10(12)9(5-8)11(14)15/h3-5,7,13H,6H2,1-2H3,(H,14,15). The highest BCUT2D eigenvalue weighted by atomic mass is 35.5. The van der Waals surface area contributed by atoms with Gasteiger partial charge in [0, 0.05) is 12.3 Å². The zero-order valence-corrected chi connectivity index (χ0v) is 13.6. The minimum absolute atomic E-state index is 0.0920. The number of sulfonamides is 1. The first kappa shape index (κ1) is 17.9. The predicted molar refractivity (Wildman–Crippen MR) is 77.9 cm³/mol. The topological polar surface area (TPSA) is 118 Å². The van der Waals surface area contributed by atoms with Gasteiger partial charge in [0.25, 0.3) is 0 Å². The Hall–Kier alpha value is -1.16. The van der Waals surface area contributed by atoms with Crippen molar-refractivity contribution in [2.45, 2.75) is 17.9 Å². The van der Waals surface area contributed by atoms with Crippen LogP contribution in [0.25, 0.3) is 0 Å². The Morgan fingerprint density at radius 1 is 1.33 bits per heavy atom. The molecule has 1 unspecified atom stereocenters. The molecule has 0 spiro atoms. The van der Waals surface area contributed by atoms with E-state index in [1.807, 2.05) is 0 Å². The molecule has 0 radical (unpaired) electrons. The molecule has 1 atom stereocenters. The molecule has 118 valence electrons. The number of hydrogen-bond acceptors (Lipinski definition) is 5. The van der Waals surface area contributed by atoms with E-state index in [2.05, 4.69) is 4.72 Å². The van der Waals surface area contributed by atoms with Crippen molar-refractivity contribution in [2.24, 2.45) is 0 Å². The van der Waals surface area contributed by atoms with Crippen molar-refractivity contribution < 1.29 is 26.7 Å². The summed E-state index contributed by atoms with van der Waals surface area (Å²) in [5, 5.41) is 8.82. The van der Waals surface area contributed by atoms with Crippen molar-refractivity contribution >= 4 is 37.4 Å². The number of aromatic carboxylic acids is 1. The third kappa shape index (κ3) is 5.27. The second-order valence-corrected chi connectivity index (χ2v) is 8.87. The molecule has 0 aliphatic heterocycles. The summed E-state index contributed by atoms with van der Waals surface area (Å²) in [5.41, 5.74) is -0.352. The van der Waals surface area contributed by atoms with Crippen LogP contribution in [0.3, 0.4) is 0 Å². The van der Waals surface area contributed by atoms with E-state index < -0.39 is 31.9 Å². The van der Waals surface area contributed by atoms with Crippen LogP contribution in [0.15, 0.2) is 23.1 Å². The average Bonchev–Trinajstić information content (AvgIpc) is 2.24. The van der Waals surface area contributed by atoms with Gasteiger partial charge in [-0.2, -0.15) is 0 Å². The number of carbonyl (C=O) groups is 1. The Balaban J connectivity index is 3.09. The summed E-state index contributed by atoms with van der Waals surface area (Å²) >= 11 is 5.66. The van der Waals surface area contributed by atoms with Crippen molar-refractivity contribution in [1.29, 1.82) is 0 Å². The molecule has 0 aliphatic rings. The van der Waals surface area contributed by atoms with E-state index in [9.17, 15) is 21.6 Å². The van der Waals surface area contributed by atoms with Crippen LogP contribution in [0, 0.1) is 0 Å². The largest absolute Gasteiger partial charge is 0.478 e. The zero-order chi connectivity index (χ0) is 16.4. The van der Waals surface area contributed by atoms with E-state index in [1.54, 1.807) is 0 Å². The van der Waals surface area contributed by atoms with E-state index in [0.717, 1.165) is 24.5 Å². The van der Waals surface area contributed by atoms with Crippen LogP contribution in [-0.2, 0) is 19.9 Å². The number of halogens is 1. The number of hydrogen-bond donors (Lipinski definition) is 2. The van der Waals surface area contributed by atoms with E-state index in [-0.39, 0.29) is 21.2 Å². The van der Waals surface area contributed by atoms with Gasteiger partial charge in [-0.3, -0.25) is 0 Å². The monoisotopic (exact) mass is 355 g/mol. The molecule has 1 rings (SSSR count). The van der Waals surface area contributed by atoms with Gasteiger partial charge in [-0.1, -0.05) is 11.6 Å². The predicted octanol–water partition coefficient (Wildman–Crippen LogP) is 0.750. The molecule has 0 heterocycles. The lowest BCUT2D eigenvalue weighted by Crippen LogP contribution is -2.37. The molecule has 0 saturated carbocycles. The maximum Gasteiger partial charge on any atom is 0.337 e. The van der Waals surface area contributed by atoms with Gasteiger partial charge in [0.15, 0.2) is 0 Å². The van der Waals surface area contributed by atoms with Crippen molar-refractivity contribution in [2.75, 3.05) is 12.0 Å². The minimum atomic E-state index is -4.04. The van der Waals surface area contributed by atoms with Gasteiger partial charge in [-0.15, -0.1) is 0 Å². The number of nitrogens with one attached hydrogen (secondary N) is 1. The van der Waals surface area contributed by atoms with Gasteiger partial charge in [-0.05, 0) is 25.1 Å². The molecule has 2 N–H and O–H groups in total. The molecule has 7 nitrogen and oxygen atoms in total. The molecular formula is C11H14ClNO6S2. The molecule has 1 aromatic rings. The normalized spacial score (nSPS) is 13.9. The van der Waals surface area contributed by atoms with Gasteiger partial charge in [0.1, 0.15) is 9.84 Å². The van der Waals surface area contributed by atoms with Crippen LogP contribution in [0.1, 0.15) is 17.3 Å². The lowest BCUT2D eigenvalue weighted by atomic mass is 10.2. The highest BCUT2D eigenvalue weighted by Gasteiger charge is 2.22.